The average molecular weight is 427 g/mol. The van der Waals surface area contributed by atoms with Gasteiger partial charge < -0.3 is 4.74 Å². The highest BCUT2D eigenvalue weighted by Gasteiger charge is 2.18. The van der Waals surface area contributed by atoms with Crippen LogP contribution in [0.2, 0.25) is 5.02 Å². The minimum Gasteiger partial charge on any atom is -0.497 e. The van der Waals surface area contributed by atoms with Crippen molar-refractivity contribution < 1.29 is 9.53 Å². The summed E-state index contributed by atoms with van der Waals surface area (Å²) in [6.07, 6.45) is 0. The SMILES string of the molecule is COc1cccc(C(=O)Nc2nc(-c3nnn(-c4cccc(Cl)c4)c3C)ns2)c1. The second-order valence-corrected chi connectivity index (χ2v) is 7.21. The van der Waals surface area contributed by atoms with Gasteiger partial charge in [-0.25, -0.2) is 4.68 Å². The molecular weight excluding hydrogens is 412 g/mol. The molecule has 10 heteroatoms. The van der Waals surface area contributed by atoms with Gasteiger partial charge in [-0.05, 0) is 43.3 Å². The van der Waals surface area contributed by atoms with Crippen LogP contribution in [0, 0.1) is 6.92 Å². The highest BCUT2D eigenvalue weighted by molar-refractivity contribution is 7.10. The maximum absolute atomic E-state index is 12.4. The van der Waals surface area contributed by atoms with Gasteiger partial charge >= 0.3 is 0 Å². The number of hydrogen-bond donors (Lipinski definition) is 1. The molecule has 2 aromatic carbocycles. The lowest BCUT2D eigenvalue weighted by molar-refractivity contribution is 0.102. The van der Waals surface area contributed by atoms with Gasteiger partial charge in [0.05, 0.1) is 18.5 Å². The lowest BCUT2D eigenvalue weighted by atomic mass is 10.2. The van der Waals surface area contributed by atoms with Crippen molar-refractivity contribution in [1.82, 2.24) is 24.4 Å². The molecule has 146 valence electrons. The fourth-order valence-electron chi connectivity index (χ4n) is 2.69. The predicted octanol–water partition coefficient (Wildman–Crippen LogP) is 4.01. The Balaban J connectivity index is 1.56. The summed E-state index contributed by atoms with van der Waals surface area (Å²) in [7, 11) is 1.55. The Morgan fingerprint density at radius 1 is 1.21 bits per heavy atom. The van der Waals surface area contributed by atoms with Crippen molar-refractivity contribution in [2.24, 2.45) is 0 Å². The van der Waals surface area contributed by atoms with Crippen LogP contribution in [0.1, 0.15) is 16.1 Å². The quantitative estimate of drug-likeness (QED) is 0.518. The number of aromatic nitrogens is 5. The predicted molar refractivity (Wildman–Crippen MR) is 111 cm³/mol. The molecule has 2 aromatic heterocycles. The highest BCUT2D eigenvalue weighted by Crippen LogP contribution is 2.25. The van der Waals surface area contributed by atoms with E-state index in [4.69, 9.17) is 16.3 Å². The second-order valence-electron chi connectivity index (χ2n) is 6.02. The molecule has 0 saturated heterocycles. The van der Waals surface area contributed by atoms with Crippen LogP contribution in [0.4, 0.5) is 5.13 Å². The number of nitrogens with one attached hydrogen (secondary N) is 1. The van der Waals surface area contributed by atoms with Gasteiger partial charge in [0.25, 0.3) is 5.91 Å². The smallest absolute Gasteiger partial charge is 0.257 e. The molecule has 0 bridgehead atoms. The number of anilines is 1. The van der Waals surface area contributed by atoms with Crippen molar-refractivity contribution in [3.63, 3.8) is 0 Å². The molecule has 0 fully saturated rings. The summed E-state index contributed by atoms with van der Waals surface area (Å²) in [4.78, 5) is 16.8. The van der Waals surface area contributed by atoms with Gasteiger partial charge in [-0.2, -0.15) is 9.36 Å². The Hall–Kier alpha value is -3.30. The van der Waals surface area contributed by atoms with E-state index in [0.29, 0.717) is 33.0 Å². The summed E-state index contributed by atoms with van der Waals surface area (Å²) >= 11 is 7.13. The normalized spacial score (nSPS) is 10.7. The van der Waals surface area contributed by atoms with E-state index in [1.165, 1.54) is 0 Å². The molecule has 0 atom stereocenters. The third kappa shape index (κ3) is 3.96. The molecule has 4 aromatic rings. The van der Waals surface area contributed by atoms with Crippen molar-refractivity contribution in [2.75, 3.05) is 12.4 Å². The van der Waals surface area contributed by atoms with Crippen molar-refractivity contribution >= 4 is 34.2 Å². The Bertz CT molecular complexity index is 1190. The number of amides is 1. The highest BCUT2D eigenvalue weighted by atomic mass is 35.5. The van der Waals surface area contributed by atoms with Crippen LogP contribution >= 0.6 is 23.1 Å². The minimum absolute atomic E-state index is 0.300. The van der Waals surface area contributed by atoms with Crippen LogP contribution in [0.5, 0.6) is 5.75 Å². The van der Waals surface area contributed by atoms with Gasteiger partial charge in [-0.15, -0.1) is 5.10 Å². The van der Waals surface area contributed by atoms with Crippen molar-refractivity contribution in [3.05, 3.63) is 64.8 Å². The van der Waals surface area contributed by atoms with Crippen molar-refractivity contribution in [1.29, 1.82) is 0 Å². The second kappa shape index (κ2) is 7.98. The Morgan fingerprint density at radius 2 is 2.03 bits per heavy atom. The maximum atomic E-state index is 12.4. The molecule has 0 aliphatic heterocycles. The van der Waals surface area contributed by atoms with E-state index in [-0.39, 0.29) is 5.91 Å². The van der Waals surface area contributed by atoms with Crippen LogP contribution in [0.15, 0.2) is 48.5 Å². The summed E-state index contributed by atoms with van der Waals surface area (Å²) < 4.78 is 11.1. The van der Waals surface area contributed by atoms with Crippen molar-refractivity contribution in [3.8, 4) is 23.0 Å². The van der Waals surface area contributed by atoms with E-state index in [1.807, 2.05) is 19.1 Å². The number of carbonyl (C=O) groups is 1. The fraction of sp³-hybridized carbons (Fsp3) is 0.105. The monoisotopic (exact) mass is 426 g/mol. The molecule has 1 N–H and O–H groups in total. The molecular formula is C19H15ClN6O2S. The van der Waals surface area contributed by atoms with E-state index in [2.05, 4.69) is 25.0 Å². The number of hydrogen-bond acceptors (Lipinski definition) is 7. The molecule has 0 saturated carbocycles. The molecule has 0 unspecified atom stereocenters. The van der Waals surface area contributed by atoms with Crippen LogP contribution in [0.3, 0.4) is 0 Å². The molecule has 1 amide bonds. The average Bonchev–Trinajstić information content (AvgIpc) is 3.34. The zero-order valence-electron chi connectivity index (χ0n) is 15.5. The Kier molecular flexibility index (Phi) is 5.24. The first-order valence-electron chi connectivity index (χ1n) is 8.53. The maximum Gasteiger partial charge on any atom is 0.257 e. The zero-order valence-corrected chi connectivity index (χ0v) is 17.0. The number of ether oxygens (including phenoxy) is 1. The number of benzene rings is 2. The van der Waals surface area contributed by atoms with Gasteiger partial charge in [0.1, 0.15) is 5.75 Å². The van der Waals surface area contributed by atoms with Crippen LogP contribution in [-0.2, 0) is 0 Å². The summed E-state index contributed by atoms with van der Waals surface area (Å²) in [5, 5.41) is 12.1. The molecule has 0 radical (unpaired) electrons. The summed E-state index contributed by atoms with van der Waals surface area (Å²) in [5.74, 6) is 0.691. The zero-order chi connectivity index (χ0) is 20.4. The molecule has 8 nitrogen and oxygen atoms in total. The number of methoxy groups -OCH3 is 1. The van der Waals surface area contributed by atoms with E-state index in [0.717, 1.165) is 22.9 Å². The van der Waals surface area contributed by atoms with Gasteiger partial charge in [0, 0.05) is 22.1 Å². The van der Waals surface area contributed by atoms with Gasteiger partial charge in [-0.1, -0.05) is 28.9 Å². The Morgan fingerprint density at radius 3 is 2.83 bits per heavy atom. The third-order valence-electron chi connectivity index (χ3n) is 4.14. The third-order valence-corrected chi connectivity index (χ3v) is 5.00. The van der Waals surface area contributed by atoms with Crippen LogP contribution in [0.25, 0.3) is 17.2 Å². The largest absolute Gasteiger partial charge is 0.497 e. The number of nitrogens with zero attached hydrogens (tertiary/aromatic N) is 5. The summed E-state index contributed by atoms with van der Waals surface area (Å²) in [6.45, 7) is 1.87. The van der Waals surface area contributed by atoms with E-state index >= 15 is 0 Å². The van der Waals surface area contributed by atoms with Crippen LogP contribution in [-0.4, -0.2) is 37.4 Å². The molecule has 2 heterocycles. The Labute approximate surface area is 175 Å². The molecule has 0 aliphatic rings. The van der Waals surface area contributed by atoms with Gasteiger partial charge in [0.15, 0.2) is 11.5 Å². The van der Waals surface area contributed by atoms with Gasteiger partial charge in [-0.3, -0.25) is 10.1 Å². The van der Waals surface area contributed by atoms with E-state index < -0.39 is 0 Å². The van der Waals surface area contributed by atoms with E-state index in [1.54, 1.807) is 48.2 Å². The number of carbonyl (C=O) groups excluding carboxylic acids is 1. The fourth-order valence-corrected chi connectivity index (χ4v) is 3.44. The van der Waals surface area contributed by atoms with Crippen LogP contribution < -0.4 is 10.1 Å². The standard InChI is InChI=1S/C19H15ClN6O2S/c1-11-16(23-25-26(11)14-7-4-6-13(20)10-14)17-21-19(29-24-17)22-18(27)12-5-3-8-15(9-12)28-2/h3-10H,1-2H3,(H,21,22,24,27). The lowest BCUT2D eigenvalue weighted by Gasteiger charge is -2.04. The summed E-state index contributed by atoms with van der Waals surface area (Å²) in [6, 6.07) is 14.2. The van der Waals surface area contributed by atoms with Crippen molar-refractivity contribution in [2.45, 2.75) is 6.92 Å². The topological polar surface area (TPSA) is 94.8 Å². The molecule has 0 spiro atoms. The lowest BCUT2D eigenvalue weighted by Crippen LogP contribution is -2.11. The van der Waals surface area contributed by atoms with E-state index in [9.17, 15) is 4.79 Å². The first-order chi connectivity index (χ1) is 14.0. The molecule has 0 aliphatic carbocycles. The number of rotatable bonds is 5. The first kappa shape index (κ1) is 19.0. The first-order valence-corrected chi connectivity index (χ1v) is 9.68. The summed E-state index contributed by atoms with van der Waals surface area (Å²) in [5.41, 5.74) is 2.54. The molecule has 29 heavy (non-hydrogen) atoms. The molecule has 4 rings (SSSR count). The minimum atomic E-state index is -0.300. The number of halogens is 1. The van der Waals surface area contributed by atoms with Gasteiger partial charge in [0.2, 0.25) is 5.13 Å².